The van der Waals surface area contributed by atoms with Crippen LogP contribution in [0.15, 0.2) is 23.2 Å². The Kier molecular flexibility index (Phi) is 3.88. The van der Waals surface area contributed by atoms with E-state index in [0.29, 0.717) is 0 Å². The Morgan fingerprint density at radius 3 is 2.53 bits per heavy atom. The standard InChI is InChI=1S/C8H7ClF3NO3S/c1-5(8(10,11)12)16-7-6(17(9,14)15)3-2-4-13-7/h2-5H,1H3. The zero-order chi connectivity index (χ0) is 13.3. The largest absolute Gasteiger partial charge is 0.464 e. The fourth-order valence-electron chi connectivity index (χ4n) is 0.884. The Morgan fingerprint density at radius 1 is 1.47 bits per heavy atom. The average Bonchev–Trinajstić information content (AvgIpc) is 2.15. The van der Waals surface area contributed by atoms with E-state index in [1.165, 1.54) is 6.07 Å². The van der Waals surface area contributed by atoms with Gasteiger partial charge in [-0.05, 0) is 19.1 Å². The van der Waals surface area contributed by atoms with Gasteiger partial charge in [0.2, 0.25) is 5.88 Å². The first-order valence-electron chi connectivity index (χ1n) is 4.25. The second-order valence-corrected chi connectivity index (χ2v) is 5.58. The lowest BCUT2D eigenvalue weighted by atomic mass is 10.4. The molecule has 0 aliphatic carbocycles. The van der Waals surface area contributed by atoms with Gasteiger partial charge in [-0.15, -0.1) is 0 Å². The summed E-state index contributed by atoms with van der Waals surface area (Å²) in [6.07, 6.45) is -5.70. The summed E-state index contributed by atoms with van der Waals surface area (Å²) < 4.78 is 63.2. The molecule has 1 unspecified atom stereocenters. The number of aromatic nitrogens is 1. The monoisotopic (exact) mass is 289 g/mol. The lowest BCUT2D eigenvalue weighted by molar-refractivity contribution is -0.190. The van der Waals surface area contributed by atoms with Crippen LogP contribution in [0.1, 0.15) is 6.92 Å². The second-order valence-electron chi connectivity index (χ2n) is 3.05. The van der Waals surface area contributed by atoms with Gasteiger partial charge < -0.3 is 4.74 Å². The number of nitrogens with zero attached hydrogens (tertiary/aromatic N) is 1. The summed E-state index contributed by atoms with van der Waals surface area (Å²) in [6, 6.07) is 2.23. The van der Waals surface area contributed by atoms with E-state index < -0.39 is 32.1 Å². The fraction of sp³-hybridized carbons (Fsp3) is 0.375. The number of rotatable bonds is 3. The highest BCUT2D eigenvalue weighted by atomic mass is 35.7. The maximum Gasteiger partial charge on any atom is 0.425 e. The molecule has 1 aromatic heterocycles. The number of alkyl halides is 3. The van der Waals surface area contributed by atoms with Crippen LogP contribution < -0.4 is 4.74 Å². The number of halogens is 4. The van der Waals surface area contributed by atoms with Crippen LogP contribution in [0.4, 0.5) is 13.2 Å². The minimum atomic E-state index is -4.62. The van der Waals surface area contributed by atoms with E-state index in [2.05, 4.69) is 9.72 Å². The van der Waals surface area contributed by atoms with Gasteiger partial charge >= 0.3 is 6.18 Å². The van der Waals surface area contributed by atoms with Crippen molar-refractivity contribution in [1.29, 1.82) is 0 Å². The van der Waals surface area contributed by atoms with Gasteiger partial charge in [0.15, 0.2) is 6.10 Å². The fourth-order valence-corrected chi connectivity index (χ4v) is 1.79. The minimum absolute atomic E-state index is 0.599. The lowest BCUT2D eigenvalue weighted by Gasteiger charge is -2.17. The Morgan fingerprint density at radius 2 is 2.06 bits per heavy atom. The van der Waals surface area contributed by atoms with Gasteiger partial charge in [0, 0.05) is 16.9 Å². The summed E-state index contributed by atoms with van der Waals surface area (Å²) in [7, 11) is 0.825. The maximum absolute atomic E-state index is 12.2. The molecular formula is C8H7ClF3NO3S. The third-order valence-electron chi connectivity index (χ3n) is 1.75. The molecule has 0 saturated heterocycles. The molecule has 0 aliphatic heterocycles. The molecule has 0 amide bonds. The smallest absolute Gasteiger partial charge is 0.425 e. The zero-order valence-electron chi connectivity index (χ0n) is 8.40. The Labute approximate surface area is 99.8 Å². The Balaban J connectivity index is 3.09. The molecule has 96 valence electrons. The van der Waals surface area contributed by atoms with Crippen LogP contribution in [0, 0.1) is 0 Å². The topological polar surface area (TPSA) is 56.3 Å². The van der Waals surface area contributed by atoms with Crippen LogP contribution in [0.25, 0.3) is 0 Å². The van der Waals surface area contributed by atoms with E-state index in [1.807, 2.05) is 0 Å². The summed E-state index contributed by atoms with van der Waals surface area (Å²) in [6.45, 7) is 0.735. The van der Waals surface area contributed by atoms with E-state index in [0.717, 1.165) is 19.2 Å². The highest BCUT2D eigenvalue weighted by molar-refractivity contribution is 8.13. The third-order valence-corrected chi connectivity index (χ3v) is 3.08. The Hall–Kier alpha value is -1.02. The van der Waals surface area contributed by atoms with Crippen LogP contribution >= 0.6 is 10.7 Å². The quantitative estimate of drug-likeness (QED) is 0.802. The molecule has 0 fully saturated rings. The third kappa shape index (κ3) is 3.74. The molecule has 0 spiro atoms. The molecule has 17 heavy (non-hydrogen) atoms. The van der Waals surface area contributed by atoms with Crippen molar-refractivity contribution in [1.82, 2.24) is 4.98 Å². The van der Waals surface area contributed by atoms with E-state index in [1.54, 1.807) is 0 Å². The Bertz CT molecular complexity index is 503. The van der Waals surface area contributed by atoms with Crippen LogP contribution in [-0.2, 0) is 9.05 Å². The van der Waals surface area contributed by atoms with Gasteiger partial charge in [-0.1, -0.05) is 0 Å². The number of hydrogen-bond donors (Lipinski definition) is 0. The summed E-state index contributed by atoms with van der Waals surface area (Å²) in [5, 5.41) is 0. The highest BCUT2D eigenvalue weighted by Gasteiger charge is 2.39. The predicted octanol–water partition coefficient (Wildman–Crippen LogP) is 2.34. The van der Waals surface area contributed by atoms with Crippen molar-refractivity contribution >= 4 is 19.7 Å². The van der Waals surface area contributed by atoms with Crippen LogP contribution in [0.2, 0.25) is 0 Å². The average molecular weight is 290 g/mol. The summed E-state index contributed by atoms with van der Waals surface area (Å²) in [5.74, 6) is -0.674. The molecule has 0 saturated carbocycles. The molecule has 0 bridgehead atoms. The van der Waals surface area contributed by atoms with E-state index in [9.17, 15) is 21.6 Å². The van der Waals surface area contributed by atoms with Crippen molar-refractivity contribution in [2.24, 2.45) is 0 Å². The van der Waals surface area contributed by atoms with E-state index in [-0.39, 0.29) is 0 Å². The van der Waals surface area contributed by atoms with Gasteiger partial charge in [-0.3, -0.25) is 0 Å². The highest BCUT2D eigenvalue weighted by Crippen LogP contribution is 2.29. The molecule has 0 N–H and O–H groups in total. The summed E-state index contributed by atoms with van der Waals surface area (Å²) in [5.41, 5.74) is 0. The number of ether oxygens (including phenoxy) is 1. The van der Waals surface area contributed by atoms with Gasteiger partial charge in [-0.2, -0.15) is 13.2 Å². The molecule has 9 heteroatoms. The summed E-state index contributed by atoms with van der Waals surface area (Å²) in [4.78, 5) is 2.81. The van der Waals surface area contributed by atoms with Crippen molar-refractivity contribution in [2.75, 3.05) is 0 Å². The second kappa shape index (κ2) is 4.69. The van der Waals surface area contributed by atoms with E-state index >= 15 is 0 Å². The molecular weight excluding hydrogens is 283 g/mol. The zero-order valence-corrected chi connectivity index (χ0v) is 9.97. The number of pyridine rings is 1. The molecule has 0 aliphatic rings. The van der Waals surface area contributed by atoms with Crippen molar-refractivity contribution in [3.63, 3.8) is 0 Å². The van der Waals surface area contributed by atoms with Gasteiger partial charge in [-0.25, -0.2) is 13.4 Å². The van der Waals surface area contributed by atoms with Crippen LogP contribution in [-0.4, -0.2) is 25.7 Å². The van der Waals surface area contributed by atoms with E-state index in [4.69, 9.17) is 10.7 Å². The predicted molar refractivity (Wildman–Crippen MR) is 53.4 cm³/mol. The molecule has 1 atom stereocenters. The SMILES string of the molecule is CC(Oc1ncccc1S(=O)(=O)Cl)C(F)(F)F. The van der Waals surface area contributed by atoms with Crippen molar-refractivity contribution in [3.8, 4) is 5.88 Å². The van der Waals surface area contributed by atoms with Crippen LogP contribution in [0.5, 0.6) is 5.88 Å². The molecule has 1 aromatic rings. The first kappa shape index (κ1) is 14.0. The minimum Gasteiger partial charge on any atom is -0.464 e. The summed E-state index contributed by atoms with van der Waals surface area (Å²) >= 11 is 0. The molecule has 4 nitrogen and oxygen atoms in total. The van der Waals surface area contributed by atoms with Crippen molar-refractivity contribution < 1.29 is 26.3 Å². The molecule has 1 rings (SSSR count). The molecule has 1 heterocycles. The lowest BCUT2D eigenvalue weighted by Crippen LogP contribution is -2.31. The number of hydrogen-bond acceptors (Lipinski definition) is 4. The first-order chi connectivity index (χ1) is 7.62. The maximum atomic E-state index is 12.2. The van der Waals surface area contributed by atoms with Crippen LogP contribution in [0.3, 0.4) is 0 Å². The van der Waals surface area contributed by atoms with Gasteiger partial charge in [0.1, 0.15) is 4.90 Å². The normalized spacial score (nSPS) is 14.4. The van der Waals surface area contributed by atoms with Crippen molar-refractivity contribution in [2.45, 2.75) is 24.1 Å². The van der Waals surface area contributed by atoms with Crippen molar-refractivity contribution in [3.05, 3.63) is 18.3 Å². The molecule has 0 aromatic carbocycles. The van der Waals surface area contributed by atoms with Gasteiger partial charge in [0.25, 0.3) is 9.05 Å². The molecule has 0 radical (unpaired) electrons. The van der Waals surface area contributed by atoms with Gasteiger partial charge in [0.05, 0.1) is 0 Å². The first-order valence-corrected chi connectivity index (χ1v) is 6.56.